The van der Waals surface area contributed by atoms with Gasteiger partial charge in [0.15, 0.2) is 0 Å². The summed E-state index contributed by atoms with van der Waals surface area (Å²) in [6.45, 7) is 5.98. The Bertz CT molecular complexity index is 531. The van der Waals surface area contributed by atoms with Crippen LogP contribution in [-0.4, -0.2) is 16.1 Å². The van der Waals surface area contributed by atoms with E-state index in [2.05, 4.69) is 35.5 Å². The lowest BCUT2D eigenvalue weighted by molar-refractivity contribution is 0.471. The molecule has 4 heteroatoms. The summed E-state index contributed by atoms with van der Waals surface area (Å²) in [5.74, 6) is 0.883. The lowest BCUT2D eigenvalue weighted by Gasteiger charge is -2.20. The Hall–Kier alpha value is -1.32. The van der Waals surface area contributed by atoms with E-state index < -0.39 is 0 Å². The topological polar surface area (TPSA) is 43.8 Å². The largest absolute Gasteiger partial charge is 0.334 e. The van der Waals surface area contributed by atoms with Crippen LogP contribution in [0.2, 0.25) is 5.02 Å². The van der Waals surface area contributed by atoms with Gasteiger partial charge >= 0.3 is 0 Å². The lowest BCUT2D eigenvalue weighted by Crippen LogP contribution is -2.21. The summed E-state index contributed by atoms with van der Waals surface area (Å²) in [6, 6.07) is 8.01. The maximum atomic E-state index is 5.90. The summed E-state index contributed by atoms with van der Waals surface area (Å²) >= 11 is 5.90. The number of nitrogens with zero attached hydrogens (tertiary/aromatic N) is 2. The predicted octanol–water partition coefficient (Wildman–Crippen LogP) is 3.48. The fourth-order valence-corrected chi connectivity index (χ4v) is 2.59. The van der Waals surface area contributed by atoms with Crippen LogP contribution in [0.4, 0.5) is 0 Å². The van der Waals surface area contributed by atoms with Crippen molar-refractivity contribution in [2.24, 2.45) is 11.7 Å². The highest BCUT2D eigenvalue weighted by atomic mass is 35.5. The Morgan fingerprint density at radius 3 is 2.55 bits per heavy atom. The SMILES string of the molecule is CC(C)C(CN)c1cncn1CCc1ccc(Cl)cc1. The van der Waals surface area contributed by atoms with Gasteiger partial charge in [0.05, 0.1) is 6.33 Å². The number of hydrogen-bond donors (Lipinski definition) is 1. The normalized spacial score (nSPS) is 12.8. The van der Waals surface area contributed by atoms with Gasteiger partial charge in [0, 0.05) is 35.9 Å². The first-order valence-electron chi connectivity index (χ1n) is 7.06. The van der Waals surface area contributed by atoms with E-state index in [-0.39, 0.29) is 0 Å². The Labute approximate surface area is 125 Å². The summed E-state index contributed by atoms with van der Waals surface area (Å²) in [5.41, 5.74) is 8.42. The molecule has 0 saturated carbocycles. The van der Waals surface area contributed by atoms with E-state index in [0.29, 0.717) is 18.4 Å². The van der Waals surface area contributed by atoms with Gasteiger partial charge in [-0.15, -0.1) is 0 Å². The minimum atomic E-state index is 0.364. The summed E-state index contributed by atoms with van der Waals surface area (Å²) in [7, 11) is 0. The molecule has 1 aromatic carbocycles. The smallest absolute Gasteiger partial charge is 0.0948 e. The molecule has 0 aliphatic heterocycles. The molecular formula is C16H22ClN3. The molecule has 2 rings (SSSR count). The number of hydrogen-bond acceptors (Lipinski definition) is 2. The monoisotopic (exact) mass is 291 g/mol. The van der Waals surface area contributed by atoms with Crippen molar-refractivity contribution in [3.05, 3.63) is 53.1 Å². The number of imidazole rings is 1. The third-order valence-corrected chi connectivity index (χ3v) is 3.99. The maximum absolute atomic E-state index is 5.90. The van der Waals surface area contributed by atoms with Crippen LogP contribution in [0.1, 0.15) is 31.0 Å². The standard InChI is InChI=1S/C16H22ClN3/c1-12(2)15(9-18)16-10-19-11-20(16)8-7-13-3-5-14(17)6-4-13/h3-6,10-12,15H,7-9,18H2,1-2H3. The molecule has 1 unspecified atom stereocenters. The zero-order valence-corrected chi connectivity index (χ0v) is 12.8. The molecule has 0 aliphatic rings. The molecule has 0 radical (unpaired) electrons. The third kappa shape index (κ3) is 3.62. The van der Waals surface area contributed by atoms with Crippen molar-refractivity contribution in [3.8, 4) is 0 Å². The first-order chi connectivity index (χ1) is 9.61. The quantitative estimate of drug-likeness (QED) is 0.885. The molecular weight excluding hydrogens is 270 g/mol. The van der Waals surface area contributed by atoms with E-state index in [0.717, 1.165) is 18.0 Å². The highest BCUT2D eigenvalue weighted by Gasteiger charge is 2.17. The van der Waals surface area contributed by atoms with Gasteiger partial charge in [0.2, 0.25) is 0 Å². The number of aryl methyl sites for hydroxylation is 2. The second-order valence-corrected chi connectivity index (χ2v) is 5.91. The molecule has 0 spiro atoms. The second-order valence-electron chi connectivity index (χ2n) is 5.47. The fraction of sp³-hybridized carbons (Fsp3) is 0.438. The van der Waals surface area contributed by atoms with Crippen molar-refractivity contribution in [2.75, 3.05) is 6.54 Å². The van der Waals surface area contributed by atoms with Crippen LogP contribution in [0.25, 0.3) is 0 Å². The number of halogens is 1. The van der Waals surface area contributed by atoms with Gasteiger partial charge in [-0.3, -0.25) is 0 Å². The van der Waals surface area contributed by atoms with Crippen molar-refractivity contribution in [2.45, 2.75) is 32.7 Å². The Kier molecular flexibility index (Phi) is 5.21. The Morgan fingerprint density at radius 2 is 1.95 bits per heavy atom. The van der Waals surface area contributed by atoms with Crippen molar-refractivity contribution >= 4 is 11.6 Å². The minimum absolute atomic E-state index is 0.364. The average Bonchev–Trinajstić information content (AvgIpc) is 2.87. The highest BCUT2D eigenvalue weighted by Crippen LogP contribution is 2.23. The van der Waals surface area contributed by atoms with Crippen molar-refractivity contribution in [3.63, 3.8) is 0 Å². The molecule has 1 aromatic heterocycles. The summed E-state index contributed by atoms with van der Waals surface area (Å²) in [5, 5.41) is 0.778. The van der Waals surface area contributed by atoms with Crippen molar-refractivity contribution < 1.29 is 0 Å². The van der Waals surface area contributed by atoms with Crippen LogP contribution in [0, 0.1) is 5.92 Å². The third-order valence-electron chi connectivity index (χ3n) is 3.74. The predicted molar refractivity (Wildman–Crippen MR) is 84.0 cm³/mol. The van der Waals surface area contributed by atoms with Gasteiger partial charge in [-0.05, 0) is 30.0 Å². The molecule has 3 nitrogen and oxygen atoms in total. The van der Waals surface area contributed by atoms with E-state index in [1.54, 1.807) is 0 Å². The number of nitrogens with two attached hydrogens (primary N) is 1. The number of benzene rings is 1. The van der Waals surface area contributed by atoms with Crippen molar-refractivity contribution in [1.82, 2.24) is 9.55 Å². The summed E-state index contributed by atoms with van der Waals surface area (Å²) in [6.07, 6.45) is 4.81. The van der Waals surface area contributed by atoms with Crippen LogP contribution >= 0.6 is 11.6 Å². The number of rotatable bonds is 6. The maximum Gasteiger partial charge on any atom is 0.0948 e. The van der Waals surface area contributed by atoms with Crippen LogP contribution in [0.5, 0.6) is 0 Å². The first kappa shape index (κ1) is 15.1. The van der Waals surface area contributed by atoms with Gasteiger partial charge in [0.25, 0.3) is 0 Å². The van der Waals surface area contributed by atoms with Crippen LogP contribution in [-0.2, 0) is 13.0 Å². The zero-order valence-electron chi connectivity index (χ0n) is 12.1. The van der Waals surface area contributed by atoms with Crippen LogP contribution in [0.15, 0.2) is 36.8 Å². The zero-order chi connectivity index (χ0) is 14.5. The van der Waals surface area contributed by atoms with E-state index in [4.69, 9.17) is 17.3 Å². The lowest BCUT2D eigenvalue weighted by atomic mass is 9.93. The molecule has 0 saturated heterocycles. The molecule has 108 valence electrons. The Morgan fingerprint density at radius 1 is 1.25 bits per heavy atom. The molecule has 1 heterocycles. The molecule has 2 aromatic rings. The Balaban J connectivity index is 2.07. The van der Waals surface area contributed by atoms with Crippen LogP contribution in [0.3, 0.4) is 0 Å². The van der Waals surface area contributed by atoms with E-state index in [1.807, 2.05) is 24.7 Å². The minimum Gasteiger partial charge on any atom is -0.334 e. The first-order valence-corrected chi connectivity index (χ1v) is 7.44. The molecule has 0 aliphatic carbocycles. The van der Waals surface area contributed by atoms with E-state index >= 15 is 0 Å². The van der Waals surface area contributed by atoms with Gasteiger partial charge in [0.1, 0.15) is 0 Å². The van der Waals surface area contributed by atoms with Gasteiger partial charge in [-0.1, -0.05) is 37.6 Å². The van der Waals surface area contributed by atoms with Crippen LogP contribution < -0.4 is 5.73 Å². The molecule has 0 amide bonds. The average molecular weight is 292 g/mol. The van der Waals surface area contributed by atoms with E-state index in [9.17, 15) is 0 Å². The van der Waals surface area contributed by atoms with Gasteiger partial charge < -0.3 is 10.3 Å². The molecule has 0 fully saturated rings. The van der Waals surface area contributed by atoms with Gasteiger partial charge in [-0.25, -0.2) is 4.98 Å². The summed E-state index contributed by atoms with van der Waals surface area (Å²) in [4.78, 5) is 4.29. The number of aromatic nitrogens is 2. The molecule has 1 atom stereocenters. The summed E-state index contributed by atoms with van der Waals surface area (Å²) < 4.78 is 2.21. The fourth-order valence-electron chi connectivity index (χ4n) is 2.46. The van der Waals surface area contributed by atoms with Gasteiger partial charge in [-0.2, -0.15) is 0 Å². The van der Waals surface area contributed by atoms with Crippen molar-refractivity contribution in [1.29, 1.82) is 0 Å². The molecule has 2 N–H and O–H groups in total. The molecule has 0 bridgehead atoms. The molecule has 20 heavy (non-hydrogen) atoms. The second kappa shape index (κ2) is 6.91. The highest BCUT2D eigenvalue weighted by molar-refractivity contribution is 6.30. The van der Waals surface area contributed by atoms with E-state index in [1.165, 1.54) is 11.3 Å².